The van der Waals surface area contributed by atoms with Gasteiger partial charge in [0.2, 0.25) is 5.91 Å². The van der Waals surface area contributed by atoms with E-state index in [9.17, 15) is 9.59 Å². The SMILES string of the molecule is CC[C@@H]1CN(C(=O)NC(C)C)CC[C@H]1CC(=O)Nc1nccs1. The Hall–Kier alpha value is -1.63. The normalized spacial score (nSPS) is 21.3. The first-order valence-electron chi connectivity index (χ1n) is 8.24. The van der Waals surface area contributed by atoms with E-state index in [1.165, 1.54) is 11.3 Å². The third kappa shape index (κ3) is 5.20. The van der Waals surface area contributed by atoms with Gasteiger partial charge in [0, 0.05) is 37.1 Å². The van der Waals surface area contributed by atoms with Crippen molar-refractivity contribution in [1.29, 1.82) is 0 Å². The van der Waals surface area contributed by atoms with Gasteiger partial charge in [0.1, 0.15) is 0 Å². The molecule has 1 aliphatic rings. The van der Waals surface area contributed by atoms with Gasteiger partial charge in [0.15, 0.2) is 5.13 Å². The van der Waals surface area contributed by atoms with Crippen molar-refractivity contribution >= 4 is 28.4 Å². The minimum Gasteiger partial charge on any atom is -0.336 e. The van der Waals surface area contributed by atoms with Crippen LogP contribution in [0.4, 0.5) is 9.93 Å². The number of anilines is 1. The lowest BCUT2D eigenvalue weighted by atomic mass is 9.81. The second kappa shape index (κ2) is 8.29. The predicted octanol–water partition coefficient (Wildman–Crippen LogP) is 2.94. The number of hydrogen-bond acceptors (Lipinski definition) is 4. The van der Waals surface area contributed by atoms with E-state index in [4.69, 9.17) is 0 Å². The maximum absolute atomic E-state index is 12.2. The molecule has 1 aliphatic heterocycles. The van der Waals surface area contributed by atoms with Crippen LogP contribution in [0.25, 0.3) is 0 Å². The summed E-state index contributed by atoms with van der Waals surface area (Å²) in [5, 5.41) is 8.29. The first-order valence-corrected chi connectivity index (χ1v) is 9.12. The lowest BCUT2D eigenvalue weighted by Crippen LogP contribution is -2.49. The summed E-state index contributed by atoms with van der Waals surface area (Å²) in [6.45, 7) is 7.49. The fourth-order valence-electron chi connectivity index (χ4n) is 3.03. The van der Waals surface area contributed by atoms with Crippen molar-refractivity contribution in [1.82, 2.24) is 15.2 Å². The molecule has 128 valence electrons. The van der Waals surface area contributed by atoms with Gasteiger partial charge in [0.05, 0.1) is 0 Å². The highest BCUT2D eigenvalue weighted by molar-refractivity contribution is 7.13. The number of aromatic nitrogens is 1. The molecule has 2 N–H and O–H groups in total. The molecule has 0 aromatic carbocycles. The number of piperidine rings is 1. The van der Waals surface area contributed by atoms with Crippen LogP contribution in [0, 0.1) is 11.8 Å². The van der Waals surface area contributed by atoms with Crippen molar-refractivity contribution in [3.8, 4) is 0 Å². The number of rotatable bonds is 5. The molecule has 0 radical (unpaired) electrons. The fraction of sp³-hybridized carbons (Fsp3) is 0.688. The van der Waals surface area contributed by atoms with Crippen LogP contribution in [0.15, 0.2) is 11.6 Å². The predicted molar refractivity (Wildman–Crippen MR) is 92.5 cm³/mol. The molecule has 1 aromatic rings. The van der Waals surface area contributed by atoms with Gasteiger partial charge < -0.3 is 15.5 Å². The summed E-state index contributed by atoms with van der Waals surface area (Å²) in [5.41, 5.74) is 0. The van der Waals surface area contributed by atoms with E-state index in [0.29, 0.717) is 29.9 Å². The van der Waals surface area contributed by atoms with Crippen molar-refractivity contribution < 1.29 is 9.59 Å². The van der Waals surface area contributed by atoms with Crippen molar-refractivity contribution in [2.24, 2.45) is 11.8 Å². The summed E-state index contributed by atoms with van der Waals surface area (Å²) < 4.78 is 0. The number of amides is 3. The quantitative estimate of drug-likeness (QED) is 0.867. The zero-order valence-corrected chi connectivity index (χ0v) is 14.9. The van der Waals surface area contributed by atoms with E-state index in [1.807, 2.05) is 24.1 Å². The molecule has 0 bridgehead atoms. The fourth-order valence-corrected chi connectivity index (χ4v) is 3.57. The second-order valence-electron chi connectivity index (χ2n) is 6.36. The molecule has 0 saturated carbocycles. The molecule has 23 heavy (non-hydrogen) atoms. The lowest BCUT2D eigenvalue weighted by molar-refractivity contribution is -0.117. The summed E-state index contributed by atoms with van der Waals surface area (Å²) in [7, 11) is 0. The van der Waals surface area contributed by atoms with Crippen molar-refractivity contribution in [2.45, 2.75) is 46.1 Å². The lowest BCUT2D eigenvalue weighted by Gasteiger charge is -2.38. The van der Waals surface area contributed by atoms with Gasteiger partial charge >= 0.3 is 6.03 Å². The molecule has 0 aliphatic carbocycles. The summed E-state index contributed by atoms with van der Waals surface area (Å²) in [5.74, 6) is 0.704. The van der Waals surface area contributed by atoms with E-state index >= 15 is 0 Å². The van der Waals surface area contributed by atoms with Crippen LogP contribution < -0.4 is 10.6 Å². The maximum atomic E-state index is 12.2. The van der Waals surface area contributed by atoms with Crippen molar-refractivity contribution in [3.05, 3.63) is 11.6 Å². The monoisotopic (exact) mass is 338 g/mol. The zero-order valence-electron chi connectivity index (χ0n) is 14.0. The third-order valence-corrected chi connectivity index (χ3v) is 4.93. The Morgan fingerprint density at radius 1 is 1.43 bits per heavy atom. The van der Waals surface area contributed by atoms with Crippen LogP contribution in [-0.4, -0.2) is 41.0 Å². The van der Waals surface area contributed by atoms with Crippen LogP contribution in [0.2, 0.25) is 0 Å². The number of nitrogens with zero attached hydrogens (tertiary/aromatic N) is 2. The minimum atomic E-state index is 0.00383. The topological polar surface area (TPSA) is 74.3 Å². The second-order valence-corrected chi connectivity index (χ2v) is 7.25. The summed E-state index contributed by atoms with van der Waals surface area (Å²) in [4.78, 5) is 30.3. The number of carbonyl (C=O) groups is 2. The van der Waals surface area contributed by atoms with E-state index < -0.39 is 0 Å². The molecule has 2 rings (SSSR count). The average Bonchev–Trinajstić information content (AvgIpc) is 2.99. The first-order chi connectivity index (χ1) is 11.0. The van der Waals surface area contributed by atoms with Crippen LogP contribution >= 0.6 is 11.3 Å². The van der Waals surface area contributed by atoms with Crippen LogP contribution in [0.5, 0.6) is 0 Å². The number of hydrogen-bond donors (Lipinski definition) is 2. The van der Waals surface area contributed by atoms with Gasteiger partial charge in [-0.05, 0) is 32.1 Å². The Kier molecular flexibility index (Phi) is 6.38. The summed E-state index contributed by atoms with van der Waals surface area (Å²) in [6, 6.07) is 0.147. The number of nitrogens with one attached hydrogen (secondary N) is 2. The van der Waals surface area contributed by atoms with Crippen LogP contribution in [0.3, 0.4) is 0 Å². The molecule has 6 nitrogen and oxygen atoms in total. The Labute approximate surface area is 141 Å². The molecule has 1 saturated heterocycles. The Bertz CT molecular complexity index is 518. The van der Waals surface area contributed by atoms with E-state index in [1.54, 1.807) is 6.20 Å². The molecule has 2 heterocycles. The highest BCUT2D eigenvalue weighted by atomic mass is 32.1. The number of likely N-dealkylation sites (tertiary alicyclic amines) is 1. The molecule has 1 aromatic heterocycles. The molecule has 3 amide bonds. The largest absolute Gasteiger partial charge is 0.336 e. The van der Waals surface area contributed by atoms with E-state index in [0.717, 1.165) is 19.4 Å². The highest BCUT2D eigenvalue weighted by Gasteiger charge is 2.31. The third-order valence-electron chi connectivity index (χ3n) is 4.24. The maximum Gasteiger partial charge on any atom is 0.317 e. The summed E-state index contributed by atoms with van der Waals surface area (Å²) in [6.07, 6.45) is 4.02. The Balaban J connectivity index is 1.86. The van der Waals surface area contributed by atoms with Gasteiger partial charge in [-0.15, -0.1) is 11.3 Å². The van der Waals surface area contributed by atoms with E-state index in [2.05, 4.69) is 22.5 Å². The standard InChI is InChI=1S/C16H26N4O2S/c1-4-12-10-20(16(22)18-11(2)3)7-5-13(12)9-14(21)19-15-17-6-8-23-15/h6,8,11-13H,4-5,7,9-10H2,1-3H3,(H,18,22)(H,17,19,21)/t12-,13+/m1/s1. The molecule has 0 unspecified atom stereocenters. The highest BCUT2D eigenvalue weighted by Crippen LogP contribution is 2.29. The zero-order chi connectivity index (χ0) is 16.8. The number of thiazole rings is 1. The molecular weight excluding hydrogens is 312 g/mol. The first kappa shape index (κ1) is 17.7. The van der Waals surface area contributed by atoms with Gasteiger partial charge in [-0.25, -0.2) is 9.78 Å². The molecule has 2 atom stereocenters. The van der Waals surface area contributed by atoms with Gasteiger partial charge in [-0.2, -0.15) is 0 Å². The number of carbonyl (C=O) groups excluding carboxylic acids is 2. The molecule has 7 heteroatoms. The smallest absolute Gasteiger partial charge is 0.317 e. The van der Waals surface area contributed by atoms with Crippen molar-refractivity contribution in [3.63, 3.8) is 0 Å². The Morgan fingerprint density at radius 2 is 2.22 bits per heavy atom. The molecular formula is C16H26N4O2S. The van der Waals surface area contributed by atoms with Crippen molar-refractivity contribution in [2.75, 3.05) is 18.4 Å². The summed E-state index contributed by atoms with van der Waals surface area (Å²) >= 11 is 1.43. The minimum absolute atomic E-state index is 0.00383. The molecule has 0 spiro atoms. The average molecular weight is 338 g/mol. The number of urea groups is 1. The Morgan fingerprint density at radius 3 is 2.83 bits per heavy atom. The molecule has 1 fully saturated rings. The van der Waals surface area contributed by atoms with Gasteiger partial charge in [0.25, 0.3) is 0 Å². The van der Waals surface area contributed by atoms with Crippen LogP contribution in [0.1, 0.15) is 40.0 Å². The van der Waals surface area contributed by atoms with Gasteiger partial charge in [-0.1, -0.05) is 13.3 Å². The van der Waals surface area contributed by atoms with E-state index in [-0.39, 0.29) is 18.0 Å². The van der Waals surface area contributed by atoms with Crippen LogP contribution in [-0.2, 0) is 4.79 Å². The van der Waals surface area contributed by atoms with Gasteiger partial charge in [-0.3, -0.25) is 4.79 Å².